The van der Waals surface area contributed by atoms with Crippen LogP contribution in [0.25, 0.3) is 0 Å². The molecule has 1 saturated heterocycles. The number of alkyl halides is 1. The van der Waals surface area contributed by atoms with Gasteiger partial charge in [0.15, 0.2) is 0 Å². The van der Waals surface area contributed by atoms with Crippen molar-refractivity contribution in [3.05, 3.63) is 42.2 Å². The highest BCUT2D eigenvalue weighted by molar-refractivity contribution is 5.89. The lowest BCUT2D eigenvalue weighted by Gasteiger charge is -2.31. The molecule has 134 valence electrons. The highest BCUT2D eigenvalue weighted by Crippen LogP contribution is 2.27. The molecular weight excluding hydrogens is 323 g/mol. The quantitative estimate of drug-likeness (QED) is 0.904. The van der Waals surface area contributed by atoms with Crippen molar-refractivity contribution in [1.82, 2.24) is 14.7 Å². The van der Waals surface area contributed by atoms with Gasteiger partial charge < -0.3 is 15.0 Å². The molecule has 2 aromatic rings. The molecule has 1 aliphatic rings. The number of carbonyl (C=O) groups is 1. The molecule has 0 saturated carbocycles. The number of benzene rings is 1. The van der Waals surface area contributed by atoms with Crippen LogP contribution in [0.1, 0.15) is 24.5 Å². The second-order valence-electron chi connectivity index (χ2n) is 6.17. The Morgan fingerprint density at radius 1 is 1.36 bits per heavy atom. The normalized spacial score (nSPS) is 15.2. The molecule has 0 atom stereocenters. The molecular formula is C18H23FN4O2. The van der Waals surface area contributed by atoms with E-state index in [1.807, 2.05) is 28.9 Å². The zero-order valence-corrected chi connectivity index (χ0v) is 14.3. The number of nitrogens with zero attached hydrogens (tertiary/aromatic N) is 3. The zero-order chi connectivity index (χ0) is 17.6. The number of aromatic nitrogens is 2. The number of amides is 2. The molecule has 0 spiro atoms. The molecule has 1 N–H and O–H groups in total. The molecule has 25 heavy (non-hydrogen) atoms. The Morgan fingerprint density at radius 3 is 2.84 bits per heavy atom. The summed E-state index contributed by atoms with van der Waals surface area (Å²) in [5, 5.41) is 7.34. The van der Waals surface area contributed by atoms with Crippen molar-refractivity contribution < 1.29 is 13.9 Å². The number of piperidine rings is 1. The fourth-order valence-electron chi connectivity index (χ4n) is 3.05. The topological polar surface area (TPSA) is 59.4 Å². The lowest BCUT2D eigenvalue weighted by atomic mass is 9.94. The van der Waals surface area contributed by atoms with Gasteiger partial charge in [-0.1, -0.05) is 6.07 Å². The Hall–Kier alpha value is -2.57. The summed E-state index contributed by atoms with van der Waals surface area (Å²) in [6, 6.07) is 8.93. The number of likely N-dealkylation sites (tertiary alicyclic amines) is 1. The van der Waals surface area contributed by atoms with E-state index in [0.29, 0.717) is 30.4 Å². The van der Waals surface area contributed by atoms with Crippen LogP contribution in [0.4, 0.5) is 14.9 Å². The first kappa shape index (κ1) is 17.3. The molecule has 1 fully saturated rings. The SMILES string of the molecule is Cn1ccc(C2CCN(C(=O)Nc3cccc(OCCF)c3)CC2)n1. The fourth-order valence-corrected chi connectivity index (χ4v) is 3.05. The molecule has 1 aliphatic heterocycles. The standard InChI is InChI=1S/C18H23FN4O2/c1-22-9-7-17(21-22)14-5-10-23(11-6-14)18(24)20-15-3-2-4-16(13-15)25-12-8-19/h2-4,7,9,13-14H,5-6,8,10-12H2,1H3,(H,20,24). The summed E-state index contributed by atoms with van der Waals surface area (Å²) in [4.78, 5) is 14.2. The van der Waals surface area contributed by atoms with Crippen molar-refractivity contribution in [1.29, 1.82) is 0 Å². The number of ether oxygens (including phenoxy) is 1. The molecule has 0 unspecified atom stereocenters. The maximum Gasteiger partial charge on any atom is 0.321 e. The predicted molar refractivity (Wildman–Crippen MR) is 93.7 cm³/mol. The van der Waals surface area contributed by atoms with Crippen molar-refractivity contribution >= 4 is 11.7 Å². The van der Waals surface area contributed by atoms with Crippen LogP contribution in [0, 0.1) is 0 Å². The molecule has 0 bridgehead atoms. The van der Waals surface area contributed by atoms with Gasteiger partial charge in [-0.2, -0.15) is 5.10 Å². The molecule has 7 heteroatoms. The first-order chi connectivity index (χ1) is 12.2. The van der Waals surface area contributed by atoms with E-state index < -0.39 is 6.67 Å². The number of hydrogen-bond acceptors (Lipinski definition) is 3. The molecule has 0 radical (unpaired) electrons. The van der Waals surface area contributed by atoms with Gasteiger partial charge in [0, 0.05) is 44.0 Å². The van der Waals surface area contributed by atoms with Gasteiger partial charge in [0.25, 0.3) is 0 Å². The molecule has 1 aromatic heterocycles. The molecule has 6 nitrogen and oxygen atoms in total. The van der Waals surface area contributed by atoms with Gasteiger partial charge >= 0.3 is 6.03 Å². The third kappa shape index (κ3) is 4.49. The third-order valence-electron chi connectivity index (χ3n) is 4.37. The van der Waals surface area contributed by atoms with E-state index in [9.17, 15) is 9.18 Å². The molecule has 2 heterocycles. The van der Waals surface area contributed by atoms with Crippen LogP contribution in [0.3, 0.4) is 0 Å². The van der Waals surface area contributed by atoms with Crippen LogP contribution < -0.4 is 10.1 Å². The lowest BCUT2D eigenvalue weighted by Crippen LogP contribution is -2.40. The van der Waals surface area contributed by atoms with Crippen molar-refractivity contribution in [2.45, 2.75) is 18.8 Å². The Kier molecular flexibility index (Phi) is 5.53. The van der Waals surface area contributed by atoms with E-state index in [-0.39, 0.29) is 12.6 Å². The van der Waals surface area contributed by atoms with Crippen molar-refractivity contribution in [2.24, 2.45) is 7.05 Å². The van der Waals surface area contributed by atoms with Gasteiger partial charge in [0.05, 0.1) is 5.69 Å². The monoisotopic (exact) mass is 346 g/mol. The highest BCUT2D eigenvalue weighted by Gasteiger charge is 2.25. The Morgan fingerprint density at radius 2 is 2.16 bits per heavy atom. The summed E-state index contributed by atoms with van der Waals surface area (Å²) in [6.45, 7) is 0.871. The van der Waals surface area contributed by atoms with E-state index >= 15 is 0 Å². The van der Waals surface area contributed by atoms with Gasteiger partial charge in [-0.25, -0.2) is 9.18 Å². The van der Waals surface area contributed by atoms with E-state index in [4.69, 9.17) is 4.74 Å². The van der Waals surface area contributed by atoms with Crippen molar-refractivity contribution in [2.75, 3.05) is 31.7 Å². The largest absolute Gasteiger partial charge is 0.491 e. The molecule has 0 aliphatic carbocycles. The smallest absolute Gasteiger partial charge is 0.321 e. The third-order valence-corrected chi connectivity index (χ3v) is 4.37. The minimum atomic E-state index is -0.540. The number of aryl methyl sites for hydroxylation is 1. The average Bonchev–Trinajstić information content (AvgIpc) is 3.07. The summed E-state index contributed by atoms with van der Waals surface area (Å²) in [5.74, 6) is 0.951. The maximum absolute atomic E-state index is 12.4. The lowest BCUT2D eigenvalue weighted by molar-refractivity contribution is 0.194. The van der Waals surface area contributed by atoms with Crippen LogP contribution in [0.5, 0.6) is 5.75 Å². The summed E-state index contributed by atoms with van der Waals surface area (Å²) in [5.41, 5.74) is 1.74. The number of nitrogens with one attached hydrogen (secondary N) is 1. The van der Waals surface area contributed by atoms with Crippen LogP contribution in [0.2, 0.25) is 0 Å². The number of halogens is 1. The average molecular weight is 346 g/mol. The van der Waals surface area contributed by atoms with Gasteiger partial charge in [-0.05, 0) is 31.0 Å². The van der Waals surface area contributed by atoms with Gasteiger partial charge in [0.2, 0.25) is 0 Å². The minimum absolute atomic E-state index is 0.0123. The molecule has 1 aromatic carbocycles. The maximum atomic E-state index is 12.4. The second-order valence-corrected chi connectivity index (χ2v) is 6.17. The number of hydrogen-bond donors (Lipinski definition) is 1. The first-order valence-corrected chi connectivity index (χ1v) is 8.50. The number of carbonyl (C=O) groups excluding carboxylic acids is 1. The Bertz CT molecular complexity index is 711. The van der Waals surface area contributed by atoms with Gasteiger partial charge in [0.1, 0.15) is 19.0 Å². The Labute approximate surface area is 146 Å². The number of urea groups is 1. The first-order valence-electron chi connectivity index (χ1n) is 8.50. The zero-order valence-electron chi connectivity index (χ0n) is 14.3. The summed E-state index contributed by atoms with van der Waals surface area (Å²) < 4.78 is 19.2. The van der Waals surface area contributed by atoms with Crippen molar-refractivity contribution in [3.8, 4) is 5.75 Å². The van der Waals surface area contributed by atoms with E-state index in [1.165, 1.54) is 0 Å². The fraction of sp³-hybridized carbons (Fsp3) is 0.444. The van der Waals surface area contributed by atoms with E-state index in [1.54, 1.807) is 24.3 Å². The van der Waals surface area contributed by atoms with Crippen molar-refractivity contribution in [3.63, 3.8) is 0 Å². The summed E-state index contributed by atoms with van der Waals surface area (Å²) in [6.07, 6.45) is 3.76. The van der Waals surface area contributed by atoms with Gasteiger partial charge in [-0.15, -0.1) is 0 Å². The van der Waals surface area contributed by atoms with E-state index in [0.717, 1.165) is 18.5 Å². The van der Waals surface area contributed by atoms with Crippen LogP contribution in [-0.4, -0.2) is 47.1 Å². The minimum Gasteiger partial charge on any atom is -0.491 e. The Balaban J connectivity index is 1.52. The predicted octanol–water partition coefficient (Wildman–Crippen LogP) is 3.18. The number of anilines is 1. The van der Waals surface area contributed by atoms with Crippen LogP contribution in [0.15, 0.2) is 36.5 Å². The summed E-state index contributed by atoms with van der Waals surface area (Å²) in [7, 11) is 1.91. The van der Waals surface area contributed by atoms with Crippen LogP contribution >= 0.6 is 0 Å². The molecule has 3 rings (SSSR count). The number of rotatable bonds is 5. The van der Waals surface area contributed by atoms with E-state index in [2.05, 4.69) is 10.4 Å². The molecule has 2 amide bonds. The van der Waals surface area contributed by atoms with Crippen LogP contribution in [-0.2, 0) is 7.05 Å². The highest BCUT2D eigenvalue weighted by atomic mass is 19.1. The summed E-state index contributed by atoms with van der Waals surface area (Å²) >= 11 is 0. The van der Waals surface area contributed by atoms with Gasteiger partial charge in [-0.3, -0.25) is 4.68 Å². The second kappa shape index (κ2) is 8.00.